The van der Waals surface area contributed by atoms with Crippen LogP contribution in [-0.4, -0.2) is 48.5 Å². The van der Waals surface area contributed by atoms with Gasteiger partial charge in [-0.1, -0.05) is 24.3 Å². The molecule has 0 aromatic heterocycles. The van der Waals surface area contributed by atoms with E-state index >= 15 is 0 Å². The number of Topliss-reactive ketones (excluding diaryl/α,β-unsaturated/α-hetero) is 1. The number of rotatable bonds is 7. The second-order valence-corrected chi connectivity index (χ2v) is 8.34. The van der Waals surface area contributed by atoms with E-state index in [4.69, 9.17) is 4.74 Å². The number of esters is 1. The maximum absolute atomic E-state index is 12.8. The van der Waals surface area contributed by atoms with Crippen LogP contribution in [-0.2, 0) is 22.4 Å². The number of carbonyl (C=O) groups is 3. The van der Waals surface area contributed by atoms with Crippen molar-refractivity contribution in [3.63, 3.8) is 0 Å². The fourth-order valence-corrected chi connectivity index (χ4v) is 4.29. The van der Waals surface area contributed by atoms with E-state index < -0.39 is 12.1 Å². The minimum atomic E-state index is -0.886. The lowest BCUT2D eigenvalue weighted by molar-refractivity contribution is -0.125. The highest BCUT2D eigenvalue weighted by Gasteiger charge is 2.23. The summed E-state index contributed by atoms with van der Waals surface area (Å²) in [6, 6.07) is 12.7. The van der Waals surface area contributed by atoms with Gasteiger partial charge in [0.1, 0.15) is 0 Å². The van der Waals surface area contributed by atoms with Crippen LogP contribution in [0.1, 0.15) is 45.2 Å². The molecular formula is C23H25NO4S. The highest BCUT2D eigenvalue weighted by molar-refractivity contribution is 8.00. The maximum atomic E-state index is 12.8. The number of ether oxygens (including phenoxy) is 1. The Hall–Kier alpha value is -2.60. The molecule has 0 saturated carbocycles. The number of hydrogen-bond donors (Lipinski definition) is 0. The highest BCUT2D eigenvalue weighted by atomic mass is 32.2. The SMILES string of the molecule is CC(OC(=O)c1ccccc1SCC(=O)N(C)C)C(=O)c1ccc2c(c1)CCC2. The molecule has 29 heavy (non-hydrogen) atoms. The molecule has 2 aromatic rings. The number of nitrogens with zero attached hydrogens (tertiary/aromatic N) is 1. The van der Waals surface area contributed by atoms with Crippen molar-refractivity contribution in [2.75, 3.05) is 19.8 Å². The Balaban J connectivity index is 1.68. The molecule has 0 fully saturated rings. The molecule has 1 unspecified atom stereocenters. The Bertz CT molecular complexity index is 938. The van der Waals surface area contributed by atoms with Gasteiger partial charge in [0.15, 0.2) is 6.10 Å². The Morgan fingerprint density at radius 3 is 2.55 bits per heavy atom. The fraction of sp³-hybridized carbons (Fsp3) is 0.348. The minimum absolute atomic E-state index is 0.0432. The monoisotopic (exact) mass is 411 g/mol. The van der Waals surface area contributed by atoms with E-state index in [0.29, 0.717) is 16.0 Å². The quantitative estimate of drug-likeness (QED) is 0.394. The second-order valence-electron chi connectivity index (χ2n) is 7.32. The van der Waals surface area contributed by atoms with Crippen LogP contribution in [0.5, 0.6) is 0 Å². The van der Waals surface area contributed by atoms with Gasteiger partial charge in [0.05, 0.1) is 11.3 Å². The Kier molecular flexibility index (Phi) is 6.75. The molecule has 1 amide bonds. The molecule has 0 N–H and O–H groups in total. The number of thioether (sulfide) groups is 1. The number of ketones is 1. The maximum Gasteiger partial charge on any atom is 0.339 e. The molecule has 152 valence electrons. The van der Waals surface area contributed by atoms with E-state index in [1.54, 1.807) is 45.3 Å². The molecule has 2 aromatic carbocycles. The molecule has 0 aliphatic heterocycles. The van der Waals surface area contributed by atoms with Crippen LogP contribution in [0, 0.1) is 0 Å². The third-order valence-electron chi connectivity index (χ3n) is 4.99. The summed E-state index contributed by atoms with van der Waals surface area (Å²) < 4.78 is 5.47. The van der Waals surface area contributed by atoms with Gasteiger partial charge in [0.2, 0.25) is 11.7 Å². The first-order valence-electron chi connectivity index (χ1n) is 9.66. The van der Waals surface area contributed by atoms with Crippen LogP contribution in [0.4, 0.5) is 0 Å². The predicted molar refractivity (Wildman–Crippen MR) is 114 cm³/mol. The van der Waals surface area contributed by atoms with E-state index in [-0.39, 0.29) is 17.4 Å². The summed E-state index contributed by atoms with van der Waals surface area (Å²) in [4.78, 5) is 39.5. The van der Waals surface area contributed by atoms with Crippen molar-refractivity contribution < 1.29 is 19.1 Å². The molecular weight excluding hydrogens is 386 g/mol. The number of hydrogen-bond acceptors (Lipinski definition) is 5. The smallest absolute Gasteiger partial charge is 0.339 e. The Labute approximate surface area is 175 Å². The van der Waals surface area contributed by atoms with Gasteiger partial charge in [-0.05, 0) is 55.5 Å². The molecule has 1 atom stereocenters. The van der Waals surface area contributed by atoms with Gasteiger partial charge in [0.25, 0.3) is 0 Å². The van der Waals surface area contributed by atoms with Crippen LogP contribution in [0.15, 0.2) is 47.4 Å². The Morgan fingerprint density at radius 1 is 1.07 bits per heavy atom. The van der Waals surface area contributed by atoms with Crippen molar-refractivity contribution in [2.24, 2.45) is 0 Å². The van der Waals surface area contributed by atoms with Crippen LogP contribution < -0.4 is 0 Å². The first kappa shape index (κ1) is 21.1. The predicted octanol–water partition coefficient (Wildman–Crippen LogP) is 3.78. The first-order valence-corrected chi connectivity index (χ1v) is 10.6. The normalized spacial score (nSPS) is 13.5. The zero-order valence-corrected chi connectivity index (χ0v) is 17.8. The second kappa shape index (κ2) is 9.27. The number of aryl methyl sites for hydroxylation is 2. The van der Waals surface area contributed by atoms with Gasteiger partial charge < -0.3 is 9.64 Å². The summed E-state index contributed by atoms with van der Waals surface area (Å²) in [5.74, 6) is -0.590. The zero-order chi connectivity index (χ0) is 21.0. The molecule has 0 bridgehead atoms. The summed E-state index contributed by atoms with van der Waals surface area (Å²) in [7, 11) is 3.38. The molecule has 0 heterocycles. The summed E-state index contributed by atoms with van der Waals surface area (Å²) in [6.45, 7) is 1.60. The van der Waals surface area contributed by atoms with Crippen molar-refractivity contribution in [1.29, 1.82) is 0 Å². The lowest BCUT2D eigenvalue weighted by atomic mass is 10.0. The summed E-state index contributed by atoms with van der Waals surface area (Å²) >= 11 is 1.28. The van der Waals surface area contributed by atoms with Crippen LogP contribution in [0.25, 0.3) is 0 Å². The molecule has 1 aliphatic carbocycles. The third-order valence-corrected chi connectivity index (χ3v) is 6.05. The fourth-order valence-electron chi connectivity index (χ4n) is 3.27. The van der Waals surface area contributed by atoms with Gasteiger partial charge in [-0.3, -0.25) is 9.59 Å². The standard InChI is InChI=1S/C23H25NO4S/c1-15(22(26)18-12-11-16-7-6-8-17(16)13-18)28-23(27)19-9-4-5-10-20(19)29-14-21(25)24(2)3/h4-5,9-13,15H,6-8,14H2,1-3H3. The molecule has 0 saturated heterocycles. The van der Waals surface area contributed by atoms with E-state index in [9.17, 15) is 14.4 Å². The lowest BCUT2D eigenvalue weighted by Crippen LogP contribution is -2.25. The van der Waals surface area contributed by atoms with Crippen molar-refractivity contribution in [1.82, 2.24) is 4.90 Å². The summed E-state index contributed by atoms with van der Waals surface area (Å²) in [6.07, 6.45) is 2.27. The number of amides is 1. The van der Waals surface area contributed by atoms with Crippen molar-refractivity contribution in [3.8, 4) is 0 Å². The van der Waals surface area contributed by atoms with Gasteiger partial charge in [0, 0.05) is 24.6 Å². The molecule has 5 nitrogen and oxygen atoms in total. The highest BCUT2D eigenvalue weighted by Crippen LogP contribution is 2.26. The van der Waals surface area contributed by atoms with E-state index in [0.717, 1.165) is 19.3 Å². The zero-order valence-electron chi connectivity index (χ0n) is 16.9. The van der Waals surface area contributed by atoms with Crippen LogP contribution in [0.3, 0.4) is 0 Å². The largest absolute Gasteiger partial charge is 0.451 e. The number of benzene rings is 2. The van der Waals surface area contributed by atoms with Crippen molar-refractivity contribution in [2.45, 2.75) is 37.2 Å². The van der Waals surface area contributed by atoms with Crippen molar-refractivity contribution >= 4 is 29.4 Å². The average molecular weight is 412 g/mol. The van der Waals surface area contributed by atoms with Crippen LogP contribution >= 0.6 is 11.8 Å². The van der Waals surface area contributed by atoms with Gasteiger partial charge in [-0.15, -0.1) is 11.8 Å². The molecule has 6 heteroatoms. The van der Waals surface area contributed by atoms with Crippen LogP contribution in [0.2, 0.25) is 0 Å². The summed E-state index contributed by atoms with van der Waals surface area (Å²) in [5.41, 5.74) is 3.44. The van der Waals surface area contributed by atoms with Gasteiger partial charge in [-0.2, -0.15) is 0 Å². The average Bonchev–Trinajstić information content (AvgIpc) is 3.19. The third kappa shape index (κ3) is 5.07. The van der Waals surface area contributed by atoms with Gasteiger partial charge in [-0.25, -0.2) is 4.79 Å². The van der Waals surface area contributed by atoms with E-state index in [2.05, 4.69) is 0 Å². The topological polar surface area (TPSA) is 63.7 Å². The van der Waals surface area contributed by atoms with Gasteiger partial charge >= 0.3 is 5.97 Å². The first-order chi connectivity index (χ1) is 13.9. The van der Waals surface area contributed by atoms with E-state index in [1.807, 2.05) is 18.2 Å². The molecule has 1 aliphatic rings. The number of fused-ring (bicyclic) bond motifs is 1. The lowest BCUT2D eigenvalue weighted by Gasteiger charge is -2.15. The Morgan fingerprint density at radius 2 is 1.79 bits per heavy atom. The van der Waals surface area contributed by atoms with Crippen molar-refractivity contribution in [3.05, 3.63) is 64.7 Å². The summed E-state index contributed by atoms with van der Waals surface area (Å²) in [5, 5.41) is 0. The number of carbonyl (C=O) groups excluding carboxylic acids is 3. The molecule has 0 spiro atoms. The molecule has 3 rings (SSSR count). The minimum Gasteiger partial charge on any atom is -0.451 e. The van der Waals surface area contributed by atoms with E-state index in [1.165, 1.54) is 27.8 Å². The molecule has 0 radical (unpaired) electrons.